The molecular formula is C25H28N2. The topological polar surface area (TPSA) is 29.3 Å². The molecule has 3 aromatic carbocycles. The van der Waals surface area contributed by atoms with Crippen LogP contribution < -0.4 is 5.73 Å². The molecule has 1 aliphatic heterocycles. The van der Waals surface area contributed by atoms with Crippen molar-refractivity contribution in [3.63, 3.8) is 0 Å². The number of nitrogens with two attached hydrogens (primary N) is 1. The molecular weight excluding hydrogens is 328 g/mol. The van der Waals surface area contributed by atoms with Crippen molar-refractivity contribution < 1.29 is 0 Å². The molecule has 1 heterocycles. The molecule has 2 nitrogen and oxygen atoms in total. The Morgan fingerprint density at radius 1 is 0.704 bits per heavy atom. The molecule has 0 spiro atoms. The van der Waals surface area contributed by atoms with Crippen molar-refractivity contribution in [2.75, 3.05) is 13.1 Å². The van der Waals surface area contributed by atoms with Gasteiger partial charge in [-0.3, -0.25) is 4.90 Å². The minimum Gasteiger partial charge on any atom is -0.317 e. The summed E-state index contributed by atoms with van der Waals surface area (Å²) in [6.45, 7) is 3.22. The van der Waals surface area contributed by atoms with E-state index in [4.69, 9.17) is 5.73 Å². The van der Waals surface area contributed by atoms with E-state index in [0.717, 1.165) is 32.5 Å². The van der Waals surface area contributed by atoms with Crippen LogP contribution in [0.4, 0.5) is 0 Å². The molecule has 27 heavy (non-hydrogen) atoms. The van der Waals surface area contributed by atoms with Crippen LogP contribution in [-0.2, 0) is 12.1 Å². The van der Waals surface area contributed by atoms with E-state index < -0.39 is 5.54 Å². The predicted octanol–water partition coefficient (Wildman–Crippen LogP) is 4.80. The van der Waals surface area contributed by atoms with Crippen molar-refractivity contribution in [3.8, 4) is 0 Å². The first-order valence-corrected chi connectivity index (χ1v) is 9.93. The summed E-state index contributed by atoms with van der Waals surface area (Å²) in [5.41, 5.74) is 10.6. The van der Waals surface area contributed by atoms with Gasteiger partial charge >= 0.3 is 0 Å². The van der Waals surface area contributed by atoms with Crippen LogP contribution in [0.1, 0.15) is 29.5 Å². The van der Waals surface area contributed by atoms with Crippen LogP contribution in [-0.4, -0.2) is 18.0 Å². The Morgan fingerprint density at radius 2 is 1.15 bits per heavy atom. The van der Waals surface area contributed by atoms with Gasteiger partial charge in [-0.25, -0.2) is 0 Å². The molecule has 0 atom stereocenters. The van der Waals surface area contributed by atoms with Crippen LogP contribution in [0.3, 0.4) is 0 Å². The number of likely N-dealkylation sites (tertiary alicyclic amines) is 1. The minimum absolute atomic E-state index is 0.429. The van der Waals surface area contributed by atoms with Gasteiger partial charge in [0.05, 0.1) is 5.54 Å². The van der Waals surface area contributed by atoms with Gasteiger partial charge in [-0.05, 0) is 48.5 Å². The highest BCUT2D eigenvalue weighted by Crippen LogP contribution is 2.40. The first kappa shape index (κ1) is 18.0. The molecule has 4 rings (SSSR count). The average molecular weight is 357 g/mol. The number of benzene rings is 3. The average Bonchev–Trinajstić information content (AvgIpc) is 2.76. The van der Waals surface area contributed by atoms with Crippen molar-refractivity contribution in [1.29, 1.82) is 0 Å². The first-order valence-electron chi connectivity index (χ1n) is 9.93. The largest absolute Gasteiger partial charge is 0.317 e. The van der Waals surface area contributed by atoms with Gasteiger partial charge in [0.15, 0.2) is 0 Å². The Balaban J connectivity index is 1.54. The fourth-order valence-corrected chi connectivity index (χ4v) is 4.45. The molecule has 0 bridgehead atoms. The highest BCUT2D eigenvalue weighted by Gasteiger charge is 2.39. The smallest absolute Gasteiger partial charge is 0.0695 e. The van der Waals surface area contributed by atoms with Gasteiger partial charge in [0.1, 0.15) is 0 Å². The third-order valence-electron chi connectivity index (χ3n) is 5.98. The molecule has 3 aromatic rings. The molecule has 2 N–H and O–H groups in total. The Hall–Kier alpha value is -2.42. The fourth-order valence-electron chi connectivity index (χ4n) is 4.45. The summed E-state index contributed by atoms with van der Waals surface area (Å²) in [5.74, 6) is 0.439. The Labute approximate surface area is 162 Å². The summed E-state index contributed by atoms with van der Waals surface area (Å²) in [4.78, 5) is 2.56. The molecule has 1 aliphatic rings. The lowest BCUT2D eigenvalue weighted by atomic mass is 9.70. The van der Waals surface area contributed by atoms with E-state index >= 15 is 0 Å². The van der Waals surface area contributed by atoms with E-state index in [1.54, 1.807) is 0 Å². The zero-order valence-corrected chi connectivity index (χ0v) is 15.8. The lowest BCUT2D eigenvalue weighted by Gasteiger charge is -2.43. The normalized spacial score (nSPS) is 16.3. The molecule has 138 valence electrons. The molecule has 0 radical (unpaired) electrons. The SMILES string of the molecule is NC(c1ccccc1)(c1ccccc1)C1CCN(Cc2ccccc2)CC1. The van der Waals surface area contributed by atoms with Gasteiger partial charge in [0.25, 0.3) is 0 Å². The molecule has 0 aliphatic carbocycles. The van der Waals surface area contributed by atoms with Crippen LogP contribution in [0.2, 0.25) is 0 Å². The third-order valence-corrected chi connectivity index (χ3v) is 5.98. The van der Waals surface area contributed by atoms with E-state index in [2.05, 4.69) is 95.9 Å². The standard InChI is InChI=1S/C25H28N2/c26-25(22-12-6-2-7-13-22,23-14-8-3-9-15-23)24-16-18-27(19-17-24)20-21-10-4-1-5-11-21/h1-15,24H,16-20,26H2. The number of hydrogen-bond acceptors (Lipinski definition) is 2. The minimum atomic E-state index is -0.429. The van der Waals surface area contributed by atoms with Gasteiger partial charge in [0, 0.05) is 6.54 Å². The number of hydrogen-bond donors (Lipinski definition) is 1. The van der Waals surface area contributed by atoms with Crippen LogP contribution in [0.5, 0.6) is 0 Å². The number of nitrogens with zero attached hydrogens (tertiary/aromatic N) is 1. The second-order valence-electron chi connectivity index (χ2n) is 7.64. The van der Waals surface area contributed by atoms with Gasteiger partial charge in [0.2, 0.25) is 0 Å². The second kappa shape index (κ2) is 8.08. The van der Waals surface area contributed by atoms with E-state index in [1.807, 2.05) is 0 Å². The lowest BCUT2D eigenvalue weighted by molar-refractivity contribution is 0.138. The first-order chi connectivity index (χ1) is 13.3. The monoisotopic (exact) mass is 356 g/mol. The molecule has 0 saturated carbocycles. The molecule has 0 aromatic heterocycles. The Kier molecular flexibility index (Phi) is 5.38. The maximum absolute atomic E-state index is 7.19. The van der Waals surface area contributed by atoms with E-state index in [0.29, 0.717) is 5.92 Å². The maximum Gasteiger partial charge on any atom is 0.0695 e. The maximum atomic E-state index is 7.19. The van der Waals surface area contributed by atoms with Crippen molar-refractivity contribution in [1.82, 2.24) is 4.90 Å². The van der Waals surface area contributed by atoms with Crippen molar-refractivity contribution in [2.45, 2.75) is 24.9 Å². The second-order valence-corrected chi connectivity index (χ2v) is 7.64. The van der Waals surface area contributed by atoms with E-state index in [9.17, 15) is 0 Å². The third kappa shape index (κ3) is 3.83. The molecule has 1 saturated heterocycles. The van der Waals surface area contributed by atoms with Gasteiger partial charge in [-0.15, -0.1) is 0 Å². The fraction of sp³-hybridized carbons (Fsp3) is 0.280. The summed E-state index contributed by atoms with van der Waals surface area (Å²) in [6, 6.07) is 32.0. The van der Waals surface area contributed by atoms with Gasteiger partial charge < -0.3 is 5.73 Å². The number of rotatable bonds is 5. The zero-order valence-electron chi connectivity index (χ0n) is 15.8. The van der Waals surface area contributed by atoms with Gasteiger partial charge in [-0.1, -0.05) is 91.0 Å². The molecule has 1 fully saturated rings. The van der Waals surface area contributed by atoms with Crippen molar-refractivity contribution in [2.24, 2.45) is 11.7 Å². The summed E-state index contributed by atoms with van der Waals surface area (Å²) in [6.07, 6.45) is 2.24. The Bertz CT molecular complexity index is 782. The Morgan fingerprint density at radius 3 is 1.63 bits per heavy atom. The van der Waals surface area contributed by atoms with Crippen molar-refractivity contribution in [3.05, 3.63) is 108 Å². The lowest BCUT2D eigenvalue weighted by Crippen LogP contribution is -2.49. The summed E-state index contributed by atoms with van der Waals surface area (Å²) >= 11 is 0. The van der Waals surface area contributed by atoms with Crippen LogP contribution in [0, 0.1) is 5.92 Å². The summed E-state index contributed by atoms with van der Waals surface area (Å²) in [7, 11) is 0. The van der Waals surface area contributed by atoms with Gasteiger partial charge in [-0.2, -0.15) is 0 Å². The van der Waals surface area contributed by atoms with Crippen LogP contribution in [0.25, 0.3) is 0 Å². The summed E-state index contributed by atoms with van der Waals surface area (Å²) in [5, 5.41) is 0. The van der Waals surface area contributed by atoms with Crippen molar-refractivity contribution >= 4 is 0 Å². The number of piperidine rings is 1. The zero-order chi connectivity index (χ0) is 18.5. The van der Waals surface area contributed by atoms with E-state index in [1.165, 1.54) is 16.7 Å². The highest BCUT2D eigenvalue weighted by atomic mass is 15.1. The van der Waals surface area contributed by atoms with Crippen LogP contribution >= 0.6 is 0 Å². The molecule has 0 unspecified atom stereocenters. The molecule has 2 heteroatoms. The van der Waals surface area contributed by atoms with E-state index in [-0.39, 0.29) is 0 Å². The highest BCUT2D eigenvalue weighted by molar-refractivity contribution is 5.39. The summed E-state index contributed by atoms with van der Waals surface area (Å²) < 4.78 is 0. The molecule has 0 amide bonds. The predicted molar refractivity (Wildman–Crippen MR) is 112 cm³/mol. The quantitative estimate of drug-likeness (QED) is 0.711. The van der Waals surface area contributed by atoms with Crippen LogP contribution in [0.15, 0.2) is 91.0 Å².